The summed E-state index contributed by atoms with van der Waals surface area (Å²) in [6.07, 6.45) is 16.0. The second-order valence-corrected chi connectivity index (χ2v) is 12.6. The summed E-state index contributed by atoms with van der Waals surface area (Å²) in [4.78, 5) is 13.6. The molecule has 3 nitrogen and oxygen atoms in total. The fourth-order valence-corrected chi connectivity index (χ4v) is 9.48. The average Bonchev–Trinajstić information content (AvgIpc) is 3.35. The van der Waals surface area contributed by atoms with E-state index in [0.717, 1.165) is 64.2 Å². The predicted molar refractivity (Wildman–Crippen MR) is 124 cm³/mol. The molecule has 1 aromatic rings. The first-order valence-electron chi connectivity index (χ1n) is 13.7. The van der Waals surface area contributed by atoms with E-state index >= 15 is 4.39 Å². The van der Waals surface area contributed by atoms with Crippen LogP contribution in [-0.4, -0.2) is 21.2 Å². The summed E-state index contributed by atoms with van der Waals surface area (Å²) < 4.78 is 18.5. The summed E-state index contributed by atoms with van der Waals surface area (Å²) in [6, 6.07) is 0. The summed E-state index contributed by atoms with van der Waals surface area (Å²) in [6.45, 7) is 5.15. The van der Waals surface area contributed by atoms with E-state index in [0.29, 0.717) is 36.0 Å². The highest BCUT2D eigenvalue weighted by molar-refractivity contribution is 5.82. The van der Waals surface area contributed by atoms with Gasteiger partial charge in [0.15, 0.2) is 5.78 Å². The number of carbonyl (C=O) groups is 1. The first kappa shape index (κ1) is 21.4. The zero-order chi connectivity index (χ0) is 22.1. The minimum Gasteiger partial charge on any atom is -0.297 e. The maximum atomic E-state index is 16.5. The van der Waals surface area contributed by atoms with Gasteiger partial charge in [-0.3, -0.25) is 9.48 Å². The van der Waals surface area contributed by atoms with Gasteiger partial charge in [0.25, 0.3) is 0 Å². The van der Waals surface area contributed by atoms with Crippen molar-refractivity contribution in [2.24, 2.45) is 40.9 Å². The molecule has 0 amide bonds. The number of alkyl halides is 1. The van der Waals surface area contributed by atoms with Crippen LogP contribution in [0.1, 0.15) is 95.7 Å². The number of nitrogens with zero attached hydrogens (tertiary/aromatic N) is 2. The van der Waals surface area contributed by atoms with E-state index in [1.165, 1.54) is 30.5 Å². The number of hydrogen-bond donors (Lipinski definition) is 0. The first-order valence-corrected chi connectivity index (χ1v) is 13.7. The van der Waals surface area contributed by atoms with Crippen LogP contribution in [-0.2, 0) is 24.2 Å². The number of carbonyl (C=O) groups excluding carboxylic acids is 1. The normalized spacial score (nSPS) is 45.5. The molecule has 4 fully saturated rings. The fraction of sp³-hybridized carbons (Fsp3) is 0.857. The van der Waals surface area contributed by atoms with Crippen LogP contribution in [0.4, 0.5) is 4.39 Å². The molecule has 4 heteroatoms. The Morgan fingerprint density at radius 3 is 2.81 bits per heavy atom. The molecule has 0 radical (unpaired) electrons. The Bertz CT molecular complexity index is 894. The number of halogens is 1. The number of Topliss-reactive ketones (excluding diaryl/α,β-unsaturated/α-hetero) is 1. The molecule has 32 heavy (non-hydrogen) atoms. The van der Waals surface area contributed by atoms with Crippen molar-refractivity contribution in [2.45, 2.75) is 110 Å². The van der Waals surface area contributed by atoms with Crippen molar-refractivity contribution >= 4 is 5.78 Å². The van der Waals surface area contributed by atoms with E-state index in [4.69, 9.17) is 0 Å². The minimum absolute atomic E-state index is 0.0661. The number of aryl methyl sites for hydroxylation is 1. The molecule has 8 atom stereocenters. The van der Waals surface area contributed by atoms with Gasteiger partial charge in [0.05, 0.1) is 6.20 Å². The van der Waals surface area contributed by atoms with Crippen LogP contribution in [0.15, 0.2) is 6.20 Å². The van der Waals surface area contributed by atoms with Crippen molar-refractivity contribution in [1.29, 1.82) is 0 Å². The Morgan fingerprint density at radius 2 is 1.94 bits per heavy atom. The van der Waals surface area contributed by atoms with Crippen LogP contribution in [0.3, 0.4) is 0 Å². The molecule has 1 aromatic heterocycles. The lowest BCUT2D eigenvalue weighted by molar-refractivity contribution is -0.146. The van der Waals surface area contributed by atoms with E-state index in [1.807, 2.05) is 10.9 Å². The number of hydrogen-bond acceptors (Lipinski definition) is 2. The number of ketones is 1. The zero-order valence-corrected chi connectivity index (χ0v) is 20.1. The topological polar surface area (TPSA) is 34.9 Å². The molecule has 4 saturated carbocycles. The SMILES string of the molecule is C[C@H]1CC[C@@]2(F)[C@H](CC[C@H]3[C@@H]4CC[C@H](C(=O)Cn5ncc6c5CCCC6)[C@@]4(C)CC[C@@H]32)C1. The second-order valence-electron chi connectivity index (χ2n) is 12.6. The molecule has 0 spiro atoms. The molecule has 176 valence electrons. The molecule has 0 aliphatic heterocycles. The van der Waals surface area contributed by atoms with E-state index in [-0.39, 0.29) is 17.3 Å². The van der Waals surface area contributed by atoms with E-state index in [1.54, 1.807) is 0 Å². The highest BCUT2D eigenvalue weighted by Crippen LogP contribution is 2.66. The predicted octanol–water partition coefficient (Wildman–Crippen LogP) is 6.33. The molecule has 0 bridgehead atoms. The third-order valence-corrected chi connectivity index (χ3v) is 11.1. The summed E-state index contributed by atoms with van der Waals surface area (Å²) >= 11 is 0. The zero-order valence-electron chi connectivity index (χ0n) is 20.1. The second kappa shape index (κ2) is 7.67. The molecule has 5 aliphatic rings. The average molecular weight is 441 g/mol. The fourth-order valence-electron chi connectivity index (χ4n) is 9.48. The lowest BCUT2D eigenvalue weighted by atomic mass is 9.48. The molecule has 0 aromatic carbocycles. The smallest absolute Gasteiger partial charge is 0.157 e. The highest BCUT2D eigenvalue weighted by atomic mass is 19.1. The lowest BCUT2D eigenvalue weighted by Crippen LogP contribution is -2.56. The molecule has 0 unspecified atom stereocenters. The Kier molecular flexibility index (Phi) is 5.12. The maximum Gasteiger partial charge on any atom is 0.157 e. The highest BCUT2D eigenvalue weighted by Gasteiger charge is 2.62. The van der Waals surface area contributed by atoms with Crippen LogP contribution in [0.5, 0.6) is 0 Å². The molecule has 0 N–H and O–H groups in total. The molecule has 5 aliphatic carbocycles. The Hall–Kier alpha value is -1.19. The van der Waals surface area contributed by atoms with Gasteiger partial charge in [-0.05, 0) is 124 Å². The third-order valence-electron chi connectivity index (χ3n) is 11.1. The largest absolute Gasteiger partial charge is 0.297 e. The van der Waals surface area contributed by atoms with E-state index in [2.05, 4.69) is 18.9 Å². The Balaban J connectivity index is 1.20. The number of aromatic nitrogens is 2. The van der Waals surface area contributed by atoms with Crippen LogP contribution in [0, 0.1) is 40.9 Å². The van der Waals surface area contributed by atoms with Crippen molar-refractivity contribution in [1.82, 2.24) is 9.78 Å². The Labute approximate surface area is 192 Å². The van der Waals surface area contributed by atoms with Gasteiger partial charge in [0.1, 0.15) is 12.2 Å². The quantitative estimate of drug-likeness (QED) is 0.551. The van der Waals surface area contributed by atoms with Crippen molar-refractivity contribution in [3.63, 3.8) is 0 Å². The number of fused-ring (bicyclic) bond motifs is 6. The van der Waals surface area contributed by atoms with Crippen LogP contribution in [0.2, 0.25) is 0 Å². The monoisotopic (exact) mass is 440 g/mol. The van der Waals surface area contributed by atoms with Crippen molar-refractivity contribution < 1.29 is 9.18 Å². The molecule has 6 rings (SSSR count). The van der Waals surface area contributed by atoms with Gasteiger partial charge in [-0.15, -0.1) is 0 Å². The standard InChI is InChI=1S/C28H41FN2O/c1-18-11-14-28(29)20(15-18)7-8-21-22-9-10-24(27(22,2)13-12-23(21)28)26(32)17-31-25-6-4-3-5-19(25)16-30-31/h16,18,20-24H,3-15,17H2,1-2H3/t18-,20+,21-,22-,23-,24+,27-,28+/m0/s1. The van der Waals surface area contributed by atoms with Crippen molar-refractivity contribution in [3.8, 4) is 0 Å². The first-order chi connectivity index (χ1) is 15.4. The third kappa shape index (κ3) is 3.10. The lowest BCUT2D eigenvalue weighted by Gasteiger charge is -2.58. The summed E-state index contributed by atoms with van der Waals surface area (Å²) in [5, 5.41) is 4.61. The van der Waals surface area contributed by atoms with Crippen molar-refractivity contribution in [3.05, 3.63) is 17.5 Å². The van der Waals surface area contributed by atoms with E-state index < -0.39 is 5.67 Å². The summed E-state index contributed by atoms with van der Waals surface area (Å²) in [7, 11) is 0. The molecular formula is C28H41FN2O. The van der Waals surface area contributed by atoms with Gasteiger partial charge in [-0.2, -0.15) is 5.10 Å². The Morgan fingerprint density at radius 1 is 1.09 bits per heavy atom. The summed E-state index contributed by atoms with van der Waals surface area (Å²) in [5.41, 5.74) is 1.80. The van der Waals surface area contributed by atoms with Gasteiger partial charge in [-0.1, -0.05) is 13.8 Å². The van der Waals surface area contributed by atoms with Crippen LogP contribution < -0.4 is 0 Å². The maximum absolute atomic E-state index is 16.5. The van der Waals surface area contributed by atoms with Gasteiger partial charge < -0.3 is 0 Å². The van der Waals surface area contributed by atoms with Crippen molar-refractivity contribution in [2.75, 3.05) is 0 Å². The van der Waals surface area contributed by atoms with Gasteiger partial charge in [0, 0.05) is 11.6 Å². The van der Waals surface area contributed by atoms with Gasteiger partial charge in [-0.25, -0.2) is 4.39 Å². The molecule has 1 heterocycles. The van der Waals surface area contributed by atoms with Crippen LogP contribution in [0.25, 0.3) is 0 Å². The molecule has 0 saturated heterocycles. The minimum atomic E-state index is -0.924. The van der Waals surface area contributed by atoms with Gasteiger partial charge >= 0.3 is 0 Å². The van der Waals surface area contributed by atoms with Gasteiger partial charge in [0.2, 0.25) is 0 Å². The van der Waals surface area contributed by atoms with Crippen LogP contribution >= 0.6 is 0 Å². The summed E-state index contributed by atoms with van der Waals surface area (Å²) in [5.74, 6) is 2.79. The molecular weight excluding hydrogens is 399 g/mol. The van der Waals surface area contributed by atoms with E-state index in [9.17, 15) is 4.79 Å². The number of rotatable bonds is 3.